The zero-order valence-corrected chi connectivity index (χ0v) is 11.0. The zero-order valence-electron chi connectivity index (χ0n) is 5.29. The van der Waals surface area contributed by atoms with Gasteiger partial charge in [-0.25, -0.2) is 20.3 Å². The summed E-state index contributed by atoms with van der Waals surface area (Å²) < 4.78 is 0. The van der Waals surface area contributed by atoms with Gasteiger partial charge in [-0.15, -0.1) is 5.30 Å². The summed E-state index contributed by atoms with van der Waals surface area (Å²) in [5.41, 5.74) is 0. The zero-order chi connectivity index (χ0) is 4.41. The van der Waals surface area contributed by atoms with Crippen molar-refractivity contribution in [3.05, 3.63) is 23.2 Å². The molecule has 56 valence electrons. The first kappa shape index (κ1) is 22.5. The average Bonchev–Trinajstić information content (AvgIpc) is 1.86. The second kappa shape index (κ2) is 13.1. The summed E-state index contributed by atoms with van der Waals surface area (Å²) in [5.74, 6) is 2.13. The van der Waals surface area contributed by atoms with Gasteiger partial charge in [-0.1, -0.05) is 6.92 Å². The van der Waals surface area contributed by atoms with E-state index in [1.54, 1.807) is 0 Å². The molecule has 0 aliphatic carbocycles. The molecule has 10 heavy (non-hydrogen) atoms. The molecule has 1 aromatic rings. The summed E-state index contributed by atoms with van der Waals surface area (Å²) in [7, 11) is 0.907. The van der Waals surface area contributed by atoms with Crippen LogP contribution in [0.2, 0.25) is 0 Å². The molecule has 1 heterocycles. The van der Waals surface area contributed by atoms with Gasteiger partial charge in [0.25, 0.3) is 0 Å². The van der Waals surface area contributed by atoms with Gasteiger partial charge in [0.05, 0.1) is 0 Å². The van der Waals surface area contributed by atoms with Gasteiger partial charge < -0.3 is 37.2 Å². The van der Waals surface area contributed by atoms with Crippen molar-refractivity contribution in [3.63, 3.8) is 0 Å². The molecule has 0 amide bonds. The van der Waals surface area contributed by atoms with E-state index >= 15 is 0 Å². The fourth-order valence-corrected chi connectivity index (χ4v) is 0.958. The number of halogens is 3. The van der Waals surface area contributed by atoms with Crippen LogP contribution >= 0.6 is 8.19 Å². The van der Waals surface area contributed by atoms with Crippen LogP contribution in [0.25, 0.3) is 0 Å². The van der Waals surface area contributed by atoms with Crippen LogP contribution in [0.4, 0.5) is 0 Å². The summed E-state index contributed by atoms with van der Waals surface area (Å²) in [6.07, 6.45) is 0. The van der Waals surface area contributed by atoms with E-state index in [1.165, 1.54) is 5.30 Å². The fourth-order valence-electron chi connectivity index (χ4n) is 0.375. The molecule has 0 saturated carbocycles. The van der Waals surface area contributed by atoms with Crippen molar-refractivity contribution in [1.29, 1.82) is 0 Å². The van der Waals surface area contributed by atoms with Crippen LogP contribution in [0.3, 0.4) is 0 Å². The fraction of sp³-hybridized carbons (Fsp3) is 0.200. The van der Waals surface area contributed by atoms with Gasteiger partial charge in [-0.3, -0.25) is 0 Å². The Morgan fingerprint density at radius 3 is 1.90 bits per heavy atom. The van der Waals surface area contributed by atoms with Gasteiger partial charge in [-0.2, -0.15) is 5.80 Å². The maximum Gasteiger partial charge on any atom is 4.00 e. The van der Waals surface area contributed by atoms with Crippen LogP contribution in [0.5, 0.6) is 0 Å². The Hall–Kier alpha value is 1.53. The molecular weight excluding hydrogens is 289 g/mol. The minimum Gasteiger partial charge on any atom is -1.00 e. The number of aryl methyl sites for hydroxylation is 1. The normalized spacial score (nSPS) is 6.10. The topological polar surface area (TPSA) is 0 Å². The van der Waals surface area contributed by atoms with Crippen LogP contribution in [-0.2, 0) is 26.2 Å². The summed E-state index contributed by atoms with van der Waals surface area (Å²) in [5, 5.41) is 1.37. The minimum absolute atomic E-state index is 0. The third kappa shape index (κ3) is 9.53. The Bertz CT molecular complexity index is 120. The molecule has 0 fully saturated rings. The predicted molar refractivity (Wildman–Crippen MR) is 29.5 cm³/mol. The van der Waals surface area contributed by atoms with Gasteiger partial charge in [0.1, 0.15) is 0 Å². The van der Waals surface area contributed by atoms with Crippen LogP contribution < -0.4 is 37.2 Å². The molecule has 5 heteroatoms. The number of hydrogen-bond acceptors (Lipinski definition) is 0. The second-order valence-electron chi connectivity index (χ2n) is 1.25. The first-order chi connectivity index (χ1) is 2.89. The molecule has 1 unspecified atom stereocenters. The average molecular weight is 295 g/mol. The van der Waals surface area contributed by atoms with E-state index in [0.29, 0.717) is 0 Å². The monoisotopic (exact) mass is 292 g/mol. The molecule has 0 nitrogen and oxygen atoms in total. The van der Waals surface area contributed by atoms with Gasteiger partial charge in [0, 0.05) is 0 Å². The van der Waals surface area contributed by atoms with E-state index in [9.17, 15) is 0 Å². The van der Waals surface area contributed by atoms with Gasteiger partial charge >= 0.3 is 26.2 Å². The molecule has 0 radical (unpaired) electrons. The Morgan fingerprint density at radius 1 is 1.30 bits per heavy atom. The van der Waals surface area contributed by atoms with Crippen LogP contribution in [0.15, 0.2) is 11.9 Å². The van der Waals surface area contributed by atoms with Crippen LogP contribution in [0, 0.1) is 13.0 Å². The molecule has 0 aliphatic rings. The molecule has 0 bridgehead atoms. The van der Waals surface area contributed by atoms with E-state index in [2.05, 4.69) is 18.8 Å². The third-order valence-electron chi connectivity index (χ3n) is 0.683. The molecule has 0 saturated heterocycles. The molecule has 1 rings (SSSR count). The Labute approximate surface area is 101 Å². The largest absolute Gasteiger partial charge is 4.00 e. The van der Waals surface area contributed by atoms with Crippen molar-refractivity contribution in [2.75, 3.05) is 0 Å². The first-order valence-corrected chi connectivity index (χ1v) is 2.99. The summed E-state index contributed by atoms with van der Waals surface area (Å²) in [6.45, 7) is 2.10. The van der Waals surface area contributed by atoms with E-state index < -0.39 is 0 Å². The molecule has 0 aliphatic heterocycles. The van der Waals surface area contributed by atoms with Gasteiger partial charge in [0.2, 0.25) is 0 Å². The standard InChI is InChI=1S/C5H6P.3ClH.Zr/c1-5-3-2-4-6-5;;;;/h2,4,6H,1H3;3*1H;/q-1;;;;+4/p-3. The third-order valence-corrected chi connectivity index (χ3v) is 1.59. The predicted octanol–water partition coefficient (Wildman–Crippen LogP) is -7.16. The van der Waals surface area contributed by atoms with Crippen molar-refractivity contribution < 1.29 is 63.4 Å². The summed E-state index contributed by atoms with van der Waals surface area (Å²) in [4.78, 5) is 0. The van der Waals surface area contributed by atoms with E-state index in [4.69, 9.17) is 0 Å². The number of rotatable bonds is 0. The minimum atomic E-state index is 0. The molecule has 0 spiro atoms. The first-order valence-electron chi connectivity index (χ1n) is 1.91. The van der Waals surface area contributed by atoms with E-state index in [1.807, 2.05) is 6.07 Å². The molecule has 0 N–H and O–H groups in total. The molecule has 0 aromatic carbocycles. The molecular formula is C5H6Cl3PZr. The number of hydrogen-bond donors (Lipinski definition) is 0. The molecule has 1 atom stereocenters. The smallest absolute Gasteiger partial charge is 1.00 e. The quantitative estimate of drug-likeness (QED) is 0.417. The Kier molecular flexibility index (Phi) is 29.6. The van der Waals surface area contributed by atoms with E-state index in [0.717, 1.165) is 8.19 Å². The Balaban J connectivity index is -0.0000000450. The maximum absolute atomic E-state index is 3.07. The van der Waals surface area contributed by atoms with Gasteiger partial charge in [-0.05, 0) is 0 Å². The van der Waals surface area contributed by atoms with Gasteiger partial charge in [0.15, 0.2) is 0 Å². The second-order valence-corrected chi connectivity index (χ2v) is 2.62. The summed E-state index contributed by atoms with van der Waals surface area (Å²) in [6, 6.07) is 5.05. The van der Waals surface area contributed by atoms with Crippen LogP contribution in [0.1, 0.15) is 5.30 Å². The molecule has 1 aromatic heterocycles. The van der Waals surface area contributed by atoms with Crippen molar-refractivity contribution in [3.8, 4) is 0 Å². The van der Waals surface area contributed by atoms with Crippen molar-refractivity contribution >= 4 is 8.19 Å². The van der Waals surface area contributed by atoms with Crippen LogP contribution in [-0.4, -0.2) is 0 Å². The summed E-state index contributed by atoms with van der Waals surface area (Å²) >= 11 is 0. The Morgan fingerprint density at radius 2 is 1.80 bits per heavy atom. The van der Waals surface area contributed by atoms with Crippen molar-refractivity contribution in [2.24, 2.45) is 0 Å². The van der Waals surface area contributed by atoms with Crippen molar-refractivity contribution in [1.82, 2.24) is 0 Å². The van der Waals surface area contributed by atoms with E-state index in [-0.39, 0.29) is 63.4 Å². The maximum atomic E-state index is 3.07. The van der Waals surface area contributed by atoms with Crippen molar-refractivity contribution in [2.45, 2.75) is 6.92 Å². The SMILES string of the molecule is Cc1[c-]cc[pH]1.[Cl-].[Cl-].[Cl-].[Zr+4].